The fourth-order valence-electron chi connectivity index (χ4n) is 2.29. The lowest BCUT2D eigenvalue weighted by Gasteiger charge is -2.12. The number of nitrogens with zero attached hydrogens (tertiary/aromatic N) is 3. The Bertz CT molecular complexity index is 974. The van der Waals surface area contributed by atoms with Crippen LogP contribution in [0.2, 0.25) is 0 Å². The van der Waals surface area contributed by atoms with Crippen LogP contribution in [0.5, 0.6) is 0 Å². The molecule has 0 radical (unpaired) electrons. The number of hydrogen-bond donors (Lipinski definition) is 2. The summed E-state index contributed by atoms with van der Waals surface area (Å²) in [4.78, 5) is 12.3. The topological polar surface area (TPSA) is 85.8 Å². The molecular weight excluding hydrogens is 372 g/mol. The fraction of sp³-hybridized carbons (Fsp3) is 0.167. The van der Waals surface area contributed by atoms with Crippen LogP contribution >= 0.6 is 11.8 Å². The number of nitrogens with two attached hydrogens (primary N) is 1. The van der Waals surface area contributed by atoms with Crippen molar-refractivity contribution in [2.24, 2.45) is 0 Å². The van der Waals surface area contributed by atoms with Gasteiger partial charge in [0.15, 0.2) is 5.82 Å². The minimum Gasteiger partial charge on any atom is -0.335 e. The fourth-order valence-corrected chi connectivity index (χ4v) is 3.06. The lowest BCUT2D eigenvalue weighted by Crippen LogP contribution is -2.24. The molecule has 3 aromatic rings. The molecule has 0 fully saturated rings. The van der Waals surface area contributed by atoms with Gasteiger partial charge in [0.05, 0.1) is 10.9 Å². The highest BCUT2D eigenvalue weighted by Gasteiger charge is 2.21. The van der Waals surface area contributed by atoms with Crippen molar-refractivity contribution in [2.75, 3.05) is 11.2 Å². The zero-order valence-corrected chi connectivity index (χ0v) is 15.4. The van der Waals surface area contributed by atoms with E-state index < -0.39 is 22.8 Å². The molecule has 1 atom stereocenters. The number of hydrogen-bond acceptors (Lipinski definition) is 5. The van der Waals surface area contributed by atoms with E-state index in [4.69, 9.17) is 5.84 Å². The summed E-state index contributed by atoms with van der Waals surface area (Å²) in [6.07, 6.45) is 0. The molecule has 0 saturated carbocycles. The highest BCUT2D eigenvalue weighted by Crippen LogP contribution is 2.26. The molecule has 0 aliphatic heterocycles. The summed E-state index contributed by atoms with van der Waals surface area (Å²) in [5, 5.41) is 10.2. The van der Waals surface area contributed by atoms with Crippen LogP contribution < -0.4 is 11.2 Å². The van der Waals surface area contributed by atoms with Crippen molar-refractivity contribution >= 4 is 23.4 Å². The quantitative estimate of drug-likeness (QED) is 0.516. The number of anilines is 1. The standard InChI is InChI=1S/C18H17F2N5OS/c1-10-3-5-12(6-4-10)16-23-24-18(25(16)21)27-11(2)17(26)22-15-8-7-13(19)9-14(15)20/h3-9,11H,21H2,1-2H3,(H,22,26)/t11-/m0/s1. The zero-order chi connectivity index (χ0) is 19.6. The second-order valence-corrected chi connectivity index (χ2v) is 7.22. The Labute approximate surface area is 158 Å². The Kier molecular flexibility index (Phi) is 5.41. The molecule has 9 heteroatoms. The molecule has 2 aromatic carbocycles. The van der Waals surface area contributed by atoms with E-state index in [2.05, 4.69) is 15.5 Å². The molecular formula is C18H17F2N5OS. The predicted octanol–water partition coefficient (Wildman–Crippen LogP) is 3.36. The summed E-state index contributed by atoms with van der Waals surface area (Å²) >= 11 is 1.08. The number of halogens is 2. The van der Waals surface area contributed by atoms with E-state index >= 15 is 0 Å². The Morgan fingerprint density at radius 2 is 1.89 bits per heavy atom. The Morgan fingerprint density at radius 1 is 1.19 bits per heavy atom. The molecule has 1 aromatic heterocycles. The number of carbonyl (C=O) groups is 1. The number of nitrogen functional groups attached to an aromatic ring is 1. The van der Waals surface area contributed by atoms with Gasteiger partial charge in [0, 0.05) is 11.6 Å². The van der Waals surface area contributed by atoms with Gasteiger partial charge in [-0.15, -0.1) is 10.2 Å². The highest BCUT2D eigenvalue weighted by atomic mass is 32.2. The van der Waals surface area contributed by atoms with Crippen LogP contribution in [0.1, 0.15) is 12.5 Å². The van der Waals surface area contributed by atoms with Gasteiger partial charge in [0.1, 0.15) is 11.6 Å². The van der Waals surface area contributed by atoms with E-state index in [1.807, 2.05) is 31.2 Å². The lowest BCUT2D eigenvalue weighted by atomic mass is 10.1. The van der Waals surface area contributed by atoms with Crippen molar-refractivity contribution in [2.45, 2.75) is 24.3 Å². The van der Waals surface area contributed by atoms with Crippen molar-refractivity contribution in [3.05, 3.63) is 59.7 Å². The summed E-state index contributed by atoms with van der Waals surface area (Å²) in [5.74, 6) is 4.49. The van der Waals surface area contributed by atoms with Crippen molar-refractivity contribution in [1.29, 1.82) is 0 Å². The normalized spacial score (nSPS) is 12.0. The van der Waals surface area contributed by atoms with Crippen LogP contribution in [0.15, 0.2) is 47.6 Å². The molecule has 140 valence electrons. The third-order valence-electron chi connectivity index (χ3n) is 3.81. The number of carbonyl (C=O) groups excluding carboxylic acids is 1. The Balaban J connectivity index is 1.71. The first kappa shape index (κ1) is 18.8. The third kappa shape index (κ3) is 4.25. The van der Waals surface area contributed by atoms with Crippen molar-refractivity contribution in [3.63, 3.8) is 0 Å². The summed E-state index contributed by atoms with van der Waals surface area (Å²) in [7, 11) is 0. The van der Waals surface area contributed by atoms with E-state index in [-0.39, 0.29) is 5.69 Å². The molecule has 1 amide bonds. The maximum Gasteiger partial charge on any atom is 0.237 e. The SMILES string of the molecule is Cc1ccc(-c2nnc(S[C@@H](C)C(=O)Nc3ccc(F)cc3F)n2N)cc1. The van der Waals surface area contributed by atoms with Crippen molar-refractivity contribution in [1.82, 2.24) is 14.9 Å². The Morgan fingerprint density at radius 3 is 2.56 bits per heavy atom. The molecule has 3 rings (SSSR count). The molecule has 0 bridgehead atoms. The van der Waals surface area contributed by atoms with Gasteiger partial charge in [-0.3, -0.25) is 4.79 Å². The number of amides is 1. The molecule has 3 N–H and O–H groups in total. The van der Waals surface area contributed by atoms with Crippen LogP contribution in [-0.4, -0.2) is 26.0 Å². The van der Waals surface area contributed by atoms with E-state index in [1.165, 1.54) is 10.7 Å². The van der Waals surface area contributed by atoms with E-state index in [0.29, 0.717) is 17.0 Å². The molecule has 27 heavy (non-hydrogen) atoms. The third-order valence-corrected chi connectivity index (χ3v) is 4.87. The average Bonchev–Trinajstić information content (AvgIpc) is 2.98. The van der Waals surface area contributed by atoms with Gasteiger partial charge >= 0.3 is 0 Å². The maximum atomic E-state index is 13.7. The van der Waals surface area contributed by atoms with Gasteiger partial charge in [-0.1, -0.05) is 41.6 Å². The molecule has 1 heterocycles. The number of thioether (sulfide) groups is 1. The largest absolute Gasteiger partial charge is 0.335 e. The Hall–Kier alpha value is -2.94. The first-order chi connectivity index (χ1) is 12.8. The second kappa shape index (κ2) is 7.75. The van der Waals surface area contributed by atoms with Gasteiger partial charge in [-0.2, -0.15) is 0 Å². The van der Waals surface area contributed by atoms with Crippen LogP contribution in [0.3, 0.4) is 0 Å². The molecule has 0 unspecified atom stereocenters. The van der Waals surface area contributed by atoms with Crippen LogP contribution in [0.25, 0.3) is 11.4 Å². The van der Waals surface area contributed by atoms with Crippen LogP contribution in [0, 0.1) is 18.6 Å². The second-order valence-electron chi connectivity index (χ2n) is 5.92. The summed E-state index contributed by atoms with van der Waals surface area (Å²) in [6.45, 7) is 3.60. The van der Waals surface area contributed by atoms with E-state index in [1.54, 1.807) is 6.92 Å². The number of rotatable bonds is 5. The molecule has 0 saturated heterocycles. The molecule has 0 aliphatic rings. The highest BCUT2D eigenvalue weighted by molar-refractivity contribution is 8.00. The summed E-state index contributed by atoms with van der Waals surface area (Å²) < 4.78 is 27.9. The predicted molar refractivity (Wildman–Crippen MR) is 101 cm³/mol. The van der Waals surface area contributed by atoms with Crippen molar-refractivity contribution in [3.8, 4) is 11.4 Å². The van der Waals surface area contributed by atoms with Crippen LogP contribution in [0.4, 0.5) is 14.5 Å². The van der Waals surface area contributed by atoms with Gasteiger partial charge in [0.2, 0.25) is 11.1 Å². The smallest absolute Gasteiger partial charge is 0.237 e. The minimum absolute atomic E-state index is 0.0941. The lowest BCUT2D eigenvalue weighted by molar-refractivity contribution is -0.115. The first-order valence-corrected chi connectivity index (χ1v) is 8.93. The monoisotopic (exact) mass is 389 g/mol. The zero-order valence-electron chi connectivity index (χ0n) is 14.6. The first-order valence-electron chi connectivity index (χ1n) is 8.05. The average molecular weight is 389 g/mol. The van der Waals surface area contributed by atoms with Gasteiger partial charge < -0.3 is 11.2 Å². The number of benzene rings is 2. The molecule has 6 nitrogen and oxygen atoms in total. The van der Waals surface area contributed by atoms with E-state index in [9.17, 15) is 13.6 Å². The van der Waals surface area contributed by atoms with Crippen LogP contribution in [-0.2, 0) is 4.79 Å². The van der Waals surface area contributed by atoms with Gasteiger partial charge in [-0.05, 0) is 26.0 Å². The number of nitrogens with one attached hydrogen (secondary N) is 1. The van der Waals surface area contributed by atoms with E-state index in [0.717, 1.165) is 29.0 Å². The van der Waals surface area contributed by atoms with Crippen molar-refractivity contribution < 1.29 is 13.6 Å². The summed E-state index contributed by atoms with van der Waals surface area (Å²) in [5.41, 5.74) is 1.81. The number of aromatic nitrogens is 3. The maximum absolute atomic E-state index is 13.7. The molecule has 0 aliphatic carbocycles. The number of aryl methyl sites for hydroxylation is 1. The van der Waals surface area contributed by atoms with Gasteiger partial charge in [0.25, 0.3) is 0 Å². The minimum atomic E-state index is -0.843. The molecule has 0 spiro atoms. The summed E-state index contributed by atoms with van der Waals surface area (Å²) in [6, 6.07) is 10.6. The van der Waals surface area contributed by atoms with Gasteiger partial charge in [-0.25, -0.2) is 13.5 Å².